The molecule has 122 valence electrons. The molecule has 0 radical (unpaired) electrons. The zero-order valence-corrected chi connectivity index (χ0v) is 13.6. The van der Waals surface area contributed by atoms with Gasteiger partial charge in [-0.3, -0.25) is 14.3 Å². The van der Waals surface area contributed by atoms with Gasteiger partial charge in [0.1, 0.15) is 5.69 Å². The maximum atomic E-state index is 12.0. The number of aromatic nitrogens is 2. The molecule has 2 aromatic carbocycles. The number of nitrogens with zero attached hydrogens (tertiary/aromatic N) is 1. The van der Waals surface area contributed by atoms with E-state index in [0.717, 1.165) is 11.1 Å². The van der Waals surface area contributed by atoms with E-state index in [1.165, 1.54) is 10.8 Å². The predicted molar refractivity (Wildman–Crippen MR) is 95.6 cm³/mol. The maximum Gasteiger partial charge on any atom is 0.328 e. The molecule has 0 aliphatic carbocycles. The minimum Gasteiger partial charge on any atom is -0.375 e. The number of hydrogen-bond donors (Lipinski definition) is 2. The molecule has 5 nitrogen and oxygen atoms in total. The van der Waals surface area contributed by atoms with Crippen LogP contribution in [-0.2, 0) is 13.1 Å². The molecule has 1 aromatic heterocycles. The van der Waals surface area contributed by atoms with Gasteiger partial charge in [0.15, 0.2) is 0 Å². The van der Waals surface area contributed by atoms with Crippen molar-refractivity contribution in [2.24, 2.45) is 0 Å². The standard InChI is InChI=1S/C18H16ClN3O2/c19-15-8-4-7-14(9-15)11-22-12-16(17(23)21-18(22)24)20-10-13-5-2-1-3-6-13/h1-9,12,20H,10-11H2,(H,21,23,24). The van der Waals surface area contributed by atoms with Gasteiger partial charge in [0.2, 0.25) is 0 Å². The summed E-state index contributed by atoms with van der Waals surface area (Å²) >= 11 is 5.97. The van der Waals surface area contributed by atoms with E-state index in [4.69, 9.17) is 11.6 Å². The topological polar surface area (TPSA) is 66.9 Å². The van der Waals surface area contributed by atoms with Gasteiger partial charge in [-0.25, -0.2) is 4.79 Å². The molecular formula is C18H16ClN3O2. The Morgan fingerprint density at radius 2 is 1.75 bits per heavy atom. The van der Waals surface area contributed by atoms with Crippen molar-refractivity contribution in [1.29, 1.82) is 0 Å². The Morgan fingerprint density at radius 3 is 2.50 bits per heavy atom. The molecule has 0 unspecified atom stereocenters. The lowest BCUT2D eigenvalue weighted by Crippen LogP contribution is -2.31. The highest BCUT2D eigenvalue weighted by Crippen LogP contribution is 2.11. The molecule has 0 aliphatic rings. The van der Waals surface area contributed by atoms with Crippen molar-refractivity contribution in [2.75, 3.05) is 5.32 Å². The number of benzene rings is 2. The van der Waals surface area contributed by atoms with Crippen LogP contribution in [0.25, 0.3) is 0 Å². The predicted octanol–water partition coefficient (Wildman–Crippen LogP) is 2.85. The van der Waals surface area contributed by atoms with E-state index in [1.54, 1.807) is 12.1 Å². The van der Waals surface area contributed by atoms with E-state index >= 15 is 0 Å². The second-order valence-corrected chi connectivity index (χ2v) is 5.84. The molecule has 6 heteroatoms. The van der Waals surface area contributed by atoms with Crippen LogP contribution in [0.5, 0.6) is 0 Å². The summed E-state index contributed by atoms with van der Waals surface area (Å²) in [6.07, 6.45) is 1.53. The minimum absolute atomic E-state index is 0.330. The first kappa shape index (κ1) is 16.1. The summed E-state index contributed by atoms with van der Waals surface area (Å²) in [7, 11) is 0. The normalized spacial score (nSPS) is 10.5. The average molecular weight is 342 g/mol. The lowest BCUT2D eigenvalue weighted by atomic mass is 10.2. The number of hydrogen-bond acceptors (Lipinski definition) is 3. The fraction of sp³-hybridized carbons (Fsp3) is 0.111. The van der Waals surface area contributed by atoms with Crippen molar-refractivity contribution in [3.8, 4) is 0 Å². The monoisotopic (exact) mass is 341 g/mol. The molecule has 0 amide bonds. The highest BCUT2D eigenvalue weighted by atomic mass is 35.5. The molecule has 24 heavy (non-hydrogen) atoms. The van der Waals surface area contributed by atoms with Gasteiger partial charge < -0.3 is 5.32 Å². The van der Waals surface area contributed by atoms with Gasteiger partial charge in [-0.05, 0) is 23.3 Å². The average Bonchev–Trinajstić information content (AvgIpc) is 2.57. The van der Waals surface area contributed by atoms with Crippen molar-refractivity contribution < 1.29 is 0 Å². The van der Waals surface area contributed by atoms with Crippen LogP contribution < -0.4 is 16.6 Å². The molecule has 0 saturated carbocycles. The maximum absolute atomic E-state index is 12.0. The van der Waals surface area contributed by atoms with E-state index in [9.17, 15) is 9.59 Å². The number of aromatic amines is 1. The minimum atomic E-state index is -0.453. The summed E-state index contributed by atoms with van der Waals surface area (Å²) in [4.78, 5) is 26.3. The van der Waals surface area contributed by atoms with Gasteiger partial charge in [-0.1, -0.05) is 54.1 Å². The van der Waals surface area contributed by atoms with Gasteiger partial charge in [0.25, 0.3) is 5.56 Å². The van der Waals surface area contributed by atoms with Crippen molar-refractivity contribution >= 4 is 17.3 Å². The highest BCUT2D eigenvalue weighted by Gasteiger charge is 2.06. The molecule has 3 aromatic rings. The van der Waals surface area contributed by atoms with E-state index in [0.29, 0.717) is 23.8 Å². The third-order valence-electron chi connectivity index (χ3n) is 3.58. The lowest BCUT2D eigenvalue weighted by molar-refractivity contribution is 0.721. The second kappa shape index (κ2) is 7.19. The van der Waals surface area contributed by atoms with Crippen LogP contribution in [0.3, 0.4) is 0 Å². The summed E-state index contributed by atoms with van der Waals surface area (Å²) in [6, 6.07) is 17.0. The Hall–Kier alpha value is -2.79. The summed E-state index contributed by atoms with van der Waals surface area (Å²) in [5, 5.41) is 3.67. The third kappa shape index (κ3) is 3.94. The number of H-pyrrole nitrogens is 1. The molecule has 1 heterocycles. The Kier molecular flexibility index (Phi) is 4.82. The van der Waals surface area contributed by atoms with Crippen LogP contribution in [0.15, 0.2) is 70.4 Å². The highest BCUT2D eigenvalue weighted by molar-refractivity contribution is 6.30. The van der Waals surface area contributed by atoms with Gasteiger partial charge in [-0.15, -0.1) is 0 Å². The van der Waals surface area contributed by atoms with E-state index in [1.807, 2.05) is 42.5 Å². The van der Waals surface area contributed by atoms with Crippen LogP contribution in [0.2, 0.25) is 5.02 Å². The van der Waals surface area contributed by atoms with Crippen molar-refractivity contribution in [1.82, 2.24) is 9.55 Å². The molecule has 0 saturated heterocycles. The SMILES string of the molecule is O=c1[nH]c(=O)n(Cc2cccc(Cl)c2)cc1NCc1ccccc1. The zero-order chi connectivity index (χ0) is 16.9. The summed E-state index contributed by atoms with van der Waals surface area (Å²) in [6.45, 7) is 0.829. The van der Waals surface area contributed by atoms with E-state index in [2.05, 4.69) is 10.3 Å². The molecule has 0 fully saturated rings. The second-order valence-electron chi connectivity index (χ2n) is 5.40. The molecule has 0 aliphatic heterocycles. The largest absolute Gasteiger partial charge is 0.375 e. The van der Waals surface area contributed by atoms with Gasteiger partial charge in [-0.2, -0.15) is 0 Å². The molecule has 0 bridgehead atoms. The molecule has 0 atom stereocenters. The van der Waals surface area contributed by atoms with E-state index in [-0.39, 0.29) is 0 Å². The summed E-state index contributed by atoms with van der Waals surface area (Å²) in [5.41, 5.74) is 1.39. The quantitative estimate of drug-likeness (QED) is 0.750. The van der Waals surface area contributed by atoms with Crippen LogP contribution >= 0.6 is 11.6 Å². The number of anilines is 1. The Morgan fingerprint density at radius 1 is 1.00 bits per heavy atom. The number of halogens is 1. The van der Waals surface area contributed by atoms with Crippen LogP contribution in [0.1, 0.15) is 11.1 Å². The first-order valence-corrected chi connectivity index (χ1v) is 7.85. The van der Waals surface area contributed by atoms with Gasteiger partial charge in [0, 0.05) is 17.8 Å². The Labute approximate surface area is 143 Å². The summed E-state index contributed by atoms with van der Waals surface area (Å²) in [5.74, 6) is 0. The Balaban J connectivity index is 1.83. The molecular weight excluding hydrogens is 326 g/mol. The molecule has 3 rings (SSSR count). The van der Waals surface area contributed by atoms with E-state index < -0.39 is 11.2 Å². The Bertz CT molecular complexity index is 948. The first-order chi connectivity index (χ1) is 11.6. The van der Waals surface area contributed by atoms with Crippen molar-refractivity contribution in [3.63, 3.8) is 0 Å². The first-order valence-electron chi connectivity index (χ1n) is 7.48. The molecule has 2 N–H and O–H groups in total. The lowest BCUT2D eigenvalue weighted by Gasteiger charge is -2.10. The zero-order valence-electron chi connectivity index (χ0n) is 12.8. The molecule has 0 spiro atoms. The number of nitrogens with one attached hydrogen (secondary N) is 2. The fourth-order valence-electron chi connectivity index (χ4n) is 2.38. The van der Waals surface area contributed by atoms with Crippen LogP contribution in [0.4, 0.5) is 5.69 Å². The number of rotatable bonds is 5. The fourth-order valence-corrected chi connectivity index (χ4v) is 2.59. The van der Waals surface area contributed by atoms with Gasteiger partial charge >= 0.3 is 5.69 Å². The third-order valence-corrected chi connectivity index (χ3v) is 3.81. The summed E-state index contributed by atoms with van der Waals surface area (Å²) < 4.78 is 1.44. The van der Waals surface area contributed by atoms with Crippen molar-refractivity contribution in [3.05, 3.63) is 97.8 Å². The smallest absolute Gasteiger partial charge is 0.328 e. The van der Waals surface area contributed by atoms with Gasteiger partial charge in [0.05, 0.1) is 6.54 Å². The van der Waals surface area contributed by atoms with Crippen LogP contribution in [-0.4, -0.2) is 9.55 Å². The van der Waals surface area contributed by atoms with Crippen LogP contribution in [0, 0.1) is 0 Å². The van der Waals surface area contributed by atoms with Crippen molar-refractivity contribution in [2.45, 2.75) is 13.1 Å².